The maximum absolute atomic E-state index is 6.30. The zero-order valence-electron chi connectivity index (χ0n) is 12.0. The molecule has 1 heterocycles. The van der Waals surface area contributed by atoms with Crippen molar-refractivity contribution in [2.75, 3.05) is 0 Å². The third-order valence-electron chi connectivity index (χ3n) is 5.09. The molecule has 1 spiro atoms. The molecule has 2 aliphatic carbocycles. The smallest absolute Gasteiger partial charge is 0.169 e. The lowest BCUT2D eigenvalue weighted by atomic mass is 9.72. The average Bonchev–Trinajstić information content (AvgIpc) is 2.23. The van der Waals surface area contributed by atoms with Crippen LogP contribution in [0, 0.1) is 11.8 Å². The molecule has 0 N–H and O–H groups in total. The van der Waals surface area contributed by atoms with Crippen molar-refractivity contribution in [3.63, 3.8) is 0 Å². The van der Waals surface area contributed by atoms with Gasteiger partial charge in [0.05, 0.1) is 12.2 Å². The molecule has 0 radical (unpaired) electrons. The van der Waals surface area contributed by atoms with Crippen LogP contribution in [0.25, 0.3) is 0 Å². The Morgan fingerprint density at radius 1 is 0.778 bits per heavy atom. The fraction of sp³-hybridized carbons (Fsp3) is 1.00. The summed E-state index contributed by atoms with van der Waals surface area (Å²) in [5.74, 6) is 1.48. The Morgan fingerprint density at radius 2 is 1.33 bits per heavy atom. The summed E-state index contributed by atoms with van der Waals surface area (Å²) in [7, 11) is 0. The molecule has 0 amide bonds. The Hall–Kier alpha value is -0.0800. The van der Waals surface area contributed by atoms with Crippen LogP contribution in [0.3, 0.4) is 0 Å². The molecule has 0 aromatic heterocycles. The van der Waals surface area contributed by atoms with E-state index in [1.165, 1.54) is 38.5 Å². The van der Waals surface area contributed by atoms with Gasteiger partial charge in [0, 0.05) is 12.8 Å². The first-order chi connectivity index (χ1) is 8.65. The lowest BCUT2D eigenvalue weighted by molar-refractivity contribution is -0.333. The highest BCUT2D eigenvalue weighted by Crippen LogP contribution is 2.47. The van der Waals surface area contributed by atoms with Crippen LogP contribution in [0.15, 0.2) is 0 Å². The molecule has 4 atom stereocenters. The van der Waals surface area contributed by atoms with Gasteiger partial charge in [-0.1, -0.05) is 32.1 Å². The van der Waals surface area contributed by atoms with Crippen molar-refractivity contribution >= 4 is 0 Å². The maximum atomic E-state index is 6.30. The van der Waals surface area contributed by atoms with Gasteiger partial charge >= 0.3 is 0 Å². The van der Waals surface area contributed by atoms with E-state index in [1.807, 2.05) is 0 Å². The number of hydrogen-bond donors (Lipinski definition) is 0. The molecule has 0 unspecified atom stereocenters. The van der Waals surface area contributed by atoms with Crippen LogP contribution in [0.2, 0.25) is 0 Å². The second-order valence-electron chi connectivity index (χ2n) is 7.02. The first kappa shape index (κ1) is 12.9. The van der Waals surface area contributed by atoms with Crippen LogP contribution in [0.1, 0.15) is 71.6 Å². The lowest BCUT2D eigenvalue weighted by Gasteiger charge is -2.50. The van der Waals surface area contributed by atoms with Crippen LogP contribution >= 0.6 is 0 Å². The predicted octanol–water partition coefficient (Wildman–Crippen LogP) is 4.28. The second-order valence-corrected chi connectivity index (χ2v) is 7.02. The summed E-state index contributed by atoms with van der Waals surface area (Å²) in [6, 6.07) is 0. The van der Waals surface area contributed by atoms with Gasteiger partial charge in [-0.2, -0.15) is 0 Å². The predicted molar refractivity (Wildman–Crippen MR) is 72.4 cm³/mol. The molecule has 2 saturated carbocycles. The molecule has 0 aromatic rings. The Balaban J connectivity index is 1.75. The van der Waals surface area contributed by atoms with Crippen LogP contribution in [-0.2, 0) is 9.47 Å². The van der Waals surface area contributed by atoms with E-state index in [4.69, 9.17) is 9.47 Å². The van der Waals surface area contributed by atoms with E-state index in [9.17, 15) is 0 Å². The van der Waals surface area contributed by atoms with Gasteiger partial charge in [0.1, 0.15) is 0 Å². The highest BCUT2D eigenvalue weighted by molar-refractivity contribution is 4.90. The highest BCUT2D eigenvalue weighted by atomic mass is 16.7. The van der Waals surface area contributed by atoms with Gasteiger partial charge < -0.3 is 9.47 Å². The molecule has 2 nitrogen and oxygen atoms in total. The zero-order valence-corrected chi connectivity index (χ0v) is 12.0. The molecular weight excluding hydrogens is 224 g/mol. The summed E-state index contributed by atoms with van der Waals surface area (Å²) in [6.07, 6.45) is 12.6. The van der Waals surface area contributed by atoms with Crippen molar-refractivity contribution in [3.8, 4) is 0 Å². The maximum Gasteiger partial charge on any atom is 0.169 e. The second kappa shape index (κ2) is 5.13. The minimum absolute atomic E-state index is 0.220. The van der Waals surface area contributed by atoms with Crippen LogP contribution in [0.4, 0.5) is 0 Å². The Kier molecular flexibility index (Phi) is 3.68. The van der Waals surface area contributed by atoms with Gasteiger partial charge in [0.15, 0.2) is 5.79 Å². The van der Waals surface area contributed by atoms with E-state index in [2.05, 4.69) is 13.8 Å². The van der Waals surface area contributed by atoms with E-state index < -0.39 is 0 Å². The van der Waals surface area contributed by atoms with Gasteiger partial charge in [-0.3, -0.25) is 0 Å². The van der Waals surface area contributed by atoms with Crippen LogP contribution in [-0.4, -0.2) is 18.0 Å². The zero-order chi connectivity index (χ0) is 12.6. The number of ether oxygens (including phenoxy) is 2. The Bertz CT molecular complexity index is 263. The van der Waals surface area contributed by atoms with E-state index in [0.717, 1.165) is 31.1 Å². The molecule has 18 heavy (non-hydrogen) atoms. The monoisotopic (exact) mass is 252 g/mol. The molecule has 0 aromatic carbocycles. The quantitative estimate of drug-likeness (QED) is 0.640. The van der Waals surface area contributed by atoms with E-state index in [0.29, 0.717) is 12.2 Å². The minimum Gasteiger partial charge on any atom is -0.347 e. The molecule has 104 valence electrons. The molecule has 3 fully saturated rings. The molecule has 2 heteroatoms. The lowest BCUT2D eigenvalue weighted by Crippen LogP contribution is -2.51. The molecule has 2 bridgehead atoms. The third kappa shape index (κ3) is 2.75. The Labute approximate surface area is 111 Å². The van der Waals surface area contributed by atoms with Crippen molar-refractivity contribution in [1.29, 1.82) is 0 Å². The average molecular weight is 252 g/mol. The van der Waals surface area contributed by atoms with Crippen molar-refractivity contribution < 1.29 is 9.47 Å². The van der Waals surface area contributed by atoms with E-state index >= 15 is 0 Å². The van der Waals surface area contributed by atoms with Crippen molar-refractivity contribution in [3.05, 3.63) is 0 Å². The standard InChI is InChI=1S/C16H28O2/c1-12-8-13(2)18-16(17-12)10-14-6-4-3-5-7-15(9-14)11-16/h12-15H,3-11H2,1-2H3/t12-,13-,14-,15+/m1/s1. The summed E-state index contributed by atoms with van der Waals surface area (Å²) >= 11 is 0. The molecule has 1 saturated heterocycles. The molecular formula is C16H28O2. The first-order valence-corrected chi connectivity index (χ1v) is 8.01. The summed E-state index contributed by atoms with van der Waals surface area (Å²) < 4.78 is 12.6. The van der Waals surface area contributed by atoms with Crippen molar-refractivity contribution in [1.82, 2.24) is 0 Å². The highest BCUT2D eigenvalue weighted by Gasteiger charge is 2.46. The minimum atomic E-state index is -0.220. The van der Waals surface area contributed by atoms with Gasteiger partial charge in [-0.15, -0.1) is 0 Å². The van der Waals surface area contributed by atoms with Gasteiger partial charge in [-0.25, -0.2) is 0 Å². The van der Waals surface area contributed by atoms with Gasteiger partial charge in [0.25, 0.3) is 0 Å². The van der Waals surface area contributed by atoms with Crippen LogP contribution in [0.5, 0.6) is 0 Å². The fourth-order valence-electron chi connectivity index (χ4n) is 4.60. The van der Waals surface area contributed by atoms with Gasteiger partial charge in [-0.05, 0) is 38.5 Å². The summed E-state index contributed by atoms with van der Waals surface area (Å²) in [4.78, 5) is 0. The topological polar surface area (TPSA) is 18.5 Å². The first-order valence-electron chi connectivity index (χ1n) is 8.01. The van der Waals surface area contributed by atoms with Crippen molar-refractivity contribution in [2.45, 2.75) is 89.6 Å². The van der Waals surface area contributed by atoms with E-state index in [1.54, 1.807) is 0 Å². The van der Waals surface area contributed by atoms with E-state index in [-0.39, 0.29) is 5.79 Å². The summed E-state index contributed by atoms with van der Waals surface area (Å²) in [5, 5.41) is 0. The summed E-state index contributed by atoms with van der Waals surface area (Å²) in [5.41, 5.74) is 0. The van der Waals surface area contributed by atoms with Gasteiger partial charge in [0.2, 0.25) is 0 Å². The third-order valence-corrected chi connectivity index (χ3v) is 5.09. The molecule has 1 aliphatic heterocycles. The fourth-order valence-corrected chi connectivity index (χ4v) is 4.60. The largest absolute Gasteiger partial charge is 0.347 e. The normalized spacial score (nSPS) is 49.7. The Morgan fingerprint density at radius 3 is 1.89 bits per heavy atom. The summed E-state index contributed by atoms with van der Waals surface area (Å²) in [6.45, 7) is 4.43. The SMILES string of the molecule is C[C@@H]1C[C@@H](C)OC2(C[C@@H]3CCCCC[C@@H](C3)C2)O1. The number of fused-ring (bicyclic) bond motifs is 2. The number of rotatable bonds is 0. The van der Waals surface area contributed by atoms with Crippen LogP contribution < -0.4 is 0 Å². The van der Waals surface area contributed by atoms with Crippen molar-refractivity contribution in [2.24, 2.45) is 11.8 Å². The molecule has 3 rings (SSSR count). The number of hydrogen-bond acceptors (Lipinski definition) is 2. The molecule has 3 aliphatic rings.